The van der Waals surface area contributed by atoms with Gasteiger partial charge in [0.05, 0.1) is 52.3 Å². The highest BCUT2D eigenvalue weighted by Crippen LogP contribution is 2.31. The molecule has 0 bridgehead atoms. The molecule has 1 atom stereocenters. The van der Waals surface area contributed by atoms with Crippen LogP contribution in [0.5, 0.6) is 0 Å². The first-order valence-corrected chi connectivity index (χ1v) is 15.0. The number of aliphatic hydroxyl groups is 1. The maximum Gasteiger partial charge on any atom is 0.408 e. The van der Waals surface area contributed by atoms with Crippen molar-refractivity contribution in [3.63, 3.8) is 0 Å². The molecule has 4 aromatic heterocycles. The van der Waals surface area contributed by atoms with Gasteiger partial charge in [-0.1, -0.05) is 11.8 Å². The fourth-order valence-corrected chi connectivity index (χ4v) is 6.14. The summed E-state index contributed by atoms with van der Waals surface area (Å²) in [5, 5.41) is 20.7. The molecule has 12 nitrogen and oxygen atoms in total. The quantitative estimate of drug-likeness (QED) is 0.299. The predicted molar refractivity (Wildman–Crippen MR) is 150 cm³/mol. The van der Waals surface area contributed by atoms with E-state index < -0.39 is 34.1 Å². The van der Waals surface area contributed by atoms with Crippen LogP contribution in [0.2, 0.25) is 0 Å². The molecular formula is C27H26F3N9O3S. The Hall–Kier alpha value is -4.49. The zero-order valence-corrected chi connectivity index (χ0v) is 23.4. The number of hydrogen-bond acceptors (Lipinski definition) is 10. The van der Waals surface area contributed by atoms with Gasteiger partial charge in [0.25, 0.3) is 10.0 Å². The maximum absolute atomic E-state index is 12.7. The van der Waals surface area contributed by atoms with E-state index in [-0.39, 0.29) is 5.82 Å². The Morgan fingerprint density at radius 1 is 1.05 bits per heavy atom. The van der Waals surface area contributed by atoms with E-state index in [2.05, 4.69) is 42.3 Å². The summed E-state index contributed by atoms with van der Waals surface area (Å²) in [6.07, 6.45) is 6.13. The highest BCUT2D eigenvalue weighted by Gasteiger charge is 2.37. The summed E-state index contributed by atoms with van der Waals surface area (Å²) in [7, 11) is -3.52. The van der Waals surface area contributed by atoms with Crippen LogP contribution in [-0.4, -0.2) is 78.1 Å². The number of β-amino-alcohol motifs (C(OH)–C–C–N with tert-alkyl or cyclic N) is 1. The van der Waals surface area contributed by atoms with Gasteiger partial charge in [-0.3, -0.25) is 4.68 Å². The standard InChI is InChI=1S/C27H26F3N9O3S/c28-27(29,30)17-38-14-18(11-33-38)3-4-19-12-32-25(10-23(19)37-9-1-2-21(40)16-37)35-24-7-8-31-26(36-24)20-13-34-39(15-20)43(41,42)22-5-6-22/h7-8,10-15,21-22,40H,1-2,5-6,9,16-17H2,(H,31,32,35,36). The van der Waals surface area contributed by atoms with Crippen LogP contribution in [0, 0.1) is 11.8 Å². The SMILES string of the molecule is O=S(=O)(C1CC1)n1cc(-c2nccc(Nc3cc(N4CCCC(O)C4)c(C#Cc4cnn(CC(F)(F)F)c4)cn3)n2)cn1. The molecule has 1 saturated carbocycles. The second-order valence-corrected chi connectivity index (χ2v) is 12.4. The number of aromatic nitrogens is 7. The minimum Gasteiger partial charge on any atom is -0.391 e. The first kappa shape index (κ1) is 28.6. The Balaban J connectivity index is 1.25. The van der Waals surface area contributed by atoms with E-state index in [1.165, 1.54) is 31.0 Å². The molecule has 6 rings (SSSR count). The molecule has 1 aliphatic heterocycles. The monoisotopic (exact) mass is 613 g/mol. The minimum absolute atomic E-state index is 0.273. The third kappa shape index (κ3) is 6.78. The highest BCUT2D eigenvalue weighted by atomic mass is 32.2. The van der Waals surface area contributed by atoms with E-state index in [9.17, 15) is 26.7 Å². The Morgan fingerprint density at radius 3 is 2.65 bits per heavy atom. The molecule has 0 amide bonds. The molecule has 0 aromatic carbocycles. The van der Waals surface area contributed by atoms with E-state index in [0.717, 1.165) is 15.2 Å². The molecule has 4 aromatic rings. The lowest BCUT2D eigenvalue weighted by molar-refractivity contribution is -0.142. The van der Waals surface area contributed by atoms with Crippen LogP contribution in [0.3, 0.4) is 0 Å². The van der Waals surface area contributed by atoms with Gasteiger partial charge in [0.2, 0.25) is 0 Å². The molecule has 1 saturated heterocycles. The molecule has 2 N–H and O–H groups in total. The number of halogens is 3. The number of nitrogens with one attached hydrogen (secondary N) is 1. The molecule has 1 aliphatic carbocycles. The van der Waals surface area contributed by atoms with Crippen molar-refractivity contribution in [2.45, 2.75) is 49.8 Å². The summed E-state index contributed by atoms with van der Waals surface area (Å²) >= 11 is 0. The fraction of sp³-hybridized carbons (Fsp3) is 0.370. The summed E-state index contributed by atoms with van der Waals surface area (Å²) in [6, 6.07) is 3.39. The molecule has 16 heteroatoms. The number of pyridine rings is 1. The lowest BCUT2D eigenvalue weighted by Gasteiger charge is -2.32. The van der Waals surface area contributed by atoms with Gasteiger partial charge in [-0.05, 0) is 31.7 Å². The van der Waals surface area contributed by atoms with Crippen molar-refractivity contribution in [1.29, 1.82) is 0 Å². The molecular weight excluding hydrogens is 587 g/mol. The molecule has 5 heterocycles. The van der Waals surface area contributed by atoms with Crippen molar-refractivity contribution in [1.82, 2.24) is 33.9 Å². The Labute approximate surface area is 244 Å². The van der Waals surface area contributed by atoms with Gasteiger partial charge in [-0.15, -0.1) is 0 Å². The topological polar surface area (TPSA) is 144 Å². The maximum atomic E-state index is 12.7. The van der Waals surface area contributed by atoms with Gasteiger partial charge in [0, 0.05) is 37.7 Å². The van der Waals surface area contributed by atoms with Crippen molar-refractivity contribution in [3.05, 3.63) is 60.4 Å². The second kappa shape index (κ2) is 11.3. The van der Waals surface area contributed by atoms with Crippen molar-refractivity contribution in [2.24, 2.45) is 0 Å². The van der Waals surface area contributed by atoms with Crippen LogP contribution < -0.4 is 10.2 Å². The van der Waals surface area contributed by atoms with E-state index in [1.807, 2.05) is 4.90 Å². The number of rotatable bonds is 7. The van der Waals surface area contributed by atoms with Crippen molar-refractivity contribution < 1.29 is 26.7 Å². The summed E-state index contributed by atoms with van der Waals surface area (Å²) in [5.74, 6) is 6.94. The van der Waals surface area contributed by atoms with Crippen LogP contribution >= 0.6 is 0 Å². The normalized spacial score (nSPS) is 17.4. The lowest BCUT2D eigenvalue weighted by Crippen LogP contribution is -2.38. The van der Waals surface area contributed by atoms with Gasteiger partial charge >= 0.3 is 6.18 Å². The van der Waals surface area contributed by atoms with Crippen LogP contribution in [0.25, 0.3) is 11.4 Å². The first-order chi connectivity index (χ1) is 20.5. The number of nitrogens with zero attached hydrogens (tertiary/aromatic N) is 8. The van der Waals surface area contributed by atoms with Crippen LogP contribution in [0.15, 0.2) is 49.3 Å². The average Bonchev–Trinajstić information content (AvgIpc) is 3.55. The predicted octanol–water partition coefficient (Wildman–Crippen LogP) is 2.94. The second-order valence-electron chi connectivity index (χ2n) is 10.4. The molecule has 0 spiro atoms. The van der Waals surface area contributed by atoms with Crippen molar-refractivity contribution in [2.75, 3.05) is 23.3 Å². The van der Waals surface area contributed by atoms with Gasteiger partial charge in [-0.25, -0.2) is 23.4 Å². The van der Waals surface area contributed by atoms with E-state index >= 15 is 0 Å². The van der Waals surface area contributed by atoms with Gasteiger partial charge in [-0.2, -0.15) is 27.5 Å². The lowest BCUT2D eigenvalue weighted by atomic mass is 10.1. The van der Waals surface area contributed by atoms with E-state index in [4.69, 9.17) is 0 Å². The first-order valence-electron chi connectivity index (χ1n) is 13.5. The van der Waals surface area contributed by atoms with E-state index in [1.54, 1.807) is 18.3 Å². The summed E-state index contributed by atoms with van der Waals surface area (Å²) in [6.45, 7) is -0.155. The summed E-state index contributed by atoms with van der Waals surface area (Å²) < 4.78 is 64.8. The third-order valence-corrected chi connectivity index (χ3v) is 8.91. The molecule has 224 valence electrons. The van der Waals surface area contributed by atoms with Crippen molar-refractivity contribution in [3.8, 4) is 23.2 Å². The molecule has 2 fully saturated rings. The summed E-state index contributed by atoms with van der Waals surface area (Å²) in [5.41, 5.74) is 1.97. The Morgan fingerprint density at radius 2 is 1.88 bits per heavy atom. The molecule has 0 radical (unpaired) electrons. The van der Waals surface area contributed by atoms with Gasteiger partial charge in [0.15, 0.2) is 5.82 Å². The zero-order valence-electron chi connectivity index (χ0n) is 22.6. The highest BCUT2D eigenvalue weighted by molar-refractivity contribution is 7.90. The minimum atomic E-state index is -4.39. The van der Waals surface area contributed by atoms with Crippen LogP contribution in [-0.2, 0) is 16.6 Å². The molecule has 1 unspecified atom stereocenters. The van der Waals surface area contributed by atoms with Crippen molar-refractivity contribution >= 4 is 27.3 Å². The van der Waals surface area contributed by atoms with Crippen LogP contribution in [0.4, 0.5) is 30.5 Å². The Kier molecular flexibility index (Phi) is 7.52. The van der Waals surface area contributed by atoms with Gasteiger partial charge in [0.1, 0.15) is 18.2 Å². The third-order valence-electron chi connectivity index (χ3n) is 6.87. The number of piperidine rings is 1. The zero-order chi connectivity index (χ0) is 30.2. The molecule has 2 aliphatic rings. The number of hydrogen-bond donors (Lipinski definition) is 2. The Bertz CT molecular complexity index is 1810. The smallest absolute Gasteiger partial charge is 0.391 e. The summed E-state index contributed by atoms with van der Waals surface area (Å²) in [4.78, 5) is 15.2. The largest absolute Gasteiger partial charge is 0.408 e. The van der Waals surface area contributed by atoms with Gasteiger partial charge < -0.3 is 15.3 Å². The number of aliphatic hydroxyl groups excluding tert-OH is 1. The molecule has 43 heavy (non-hydrogen) atoms. The fourth-order valence-electron chi connectivity index (χ4n) is 4.66. The van der Waals surface area contributed by atoms with Crippen LogP contribution in [0.1, 0.15) is 36.8 Å². The average molecular weight is 614 g/mol. The number of anilines is 3. The van der Waals surface area contributed by atoms with E-state index in [0.29, 0.717) is 66.4 Å². The number of alkyl halides is 3.